The van der Waals surface area contributed by atoms with E-state index in [0.717, 1.165) is 11.1 Å². The fourth-order valence-corrected chi connectivity index (χ4v) is 5.43. The van der Waals surface area contributed by atoms with Gasteiger partial charge in [0.05, 0.1) is 23.4 Å². The lowest BCUT2D eigenvalue weighted by atomic mass is 10.2. The largest absolute Gasteiger partial charge is 0.379 e. The Balaban J connectivity index is 1.54. The van der Waals surface area contributed by atoms with Crippen molar-refractivity contribution in [3.8, 4) is 0 Å². The number of carbonyl (C=O) groups excluding carboxylic acids is 1. The van der Waals surface area contributed by atoms with Crippen molar-refractivity contribution in [3.05, 3.63) is 64.7 Å². The van der Waals surface area contributed by atoms with Crippen LogP contribution < -0.4 is 5.32 Å². The first-order valence-electron chi connectivity index (χ1n) is 9.67. The second-order valence-corrected chi connectivity index (χ2v) is 10.7. The van der Waals surface area contributed by atoms with Crippen LogP contribution in [0.2, 0.25) is 5.02 Å². The third-order valence-corrected chi connectivity index (χ3v) is 8.12. The molecule has 1 N–H and O–H groups in total. The number of halogens is 1. The molecule has 1 saturated heterocycles. The molecule has 0 aromatic heterocycles. The molecule has 162 valence electrons. The van der Waals surface area contributed by atoms with E-state index in [1.807, 2.05) is 25.1 Å². The quantitative estimate of drug-likeness (QED) is 0.643. The highest BCUT2D eigenvalue weighted by molar-refractivity contribution is 7.99. The van der Waals surface area contributed by atoms with Crippen LogP contribution in [-0.4, -0.2) is 50.2 Å². The van der Waals surface area contributed by atoms with Gasteiger partial charge in [-0.15, -0.1) is 11.8 Å². The van der Waals surface area contributed by atoms with Crippen LogP contribution in [0.4, 0.5) is 0 Å². The number of sulfonamides is 1. The van der Waals surface area contributed by atoms with Crippen LogP contribution in [0.15, 0.2) is 53.4 Å². The molecule has 0 aliphatic carbocycles. The minimum Gasteiger partial charge on any atom is -0.379 e. The summed E-state index contributed by atoms with van der Waals surface area (Å²) in [6.07, 6.45) is 0. The second kappa shape index (κ2) is 10.6. The Morgan fingerprint density at radius 2 is 1.87 bits per heavy atom. The number of hydrogen-bond acceptors (Lipinski definition) is 5. The van der Waals surface area contributed by atoms with Gasteiger partial charge in [0.1, 0.15) is 0 Å². The van der Waals surface area contributed by atoms with Crippen molar-refractivity contribution in [2.75, 3.05) is 26.3 Å². The standard InChI is InChI=1S/C21H25ClN2O4S2/c1-16(21(25)23-14-17-5-7-19(22)8-6-17)29-15-18-3-2-4-20(13-18)30(26,27)24-9-11-28-12-10-24/h2-8,13,16H,9-12,14-15H2,1H3,(H,23,25)/t16-/m1/s1. The lowest BCUT2D eigenvalue weighted by molar-refractivity contribution is -0.120. The van der Waals surface area contributed by atoms with Crippen LogP contribution in [0.1, 0.15) is 18.1 Å². The smallest absolute Gasteiger partial charge is 0.243 e. The van der Waals surface area contributed by atoms with Crippen molar-refractivity contribution < 1.29 is 17.9 Å². The van der Waals surface area contributed by atoms with Gasteiger partial charge in [-0.25, -0.2) is 8.42 Å². The number of rotatable bonds is 8. The minimum atomic E-state index is -3.53. The predicted molar refractivity (Wildman–Crippen MR) is 120 cm³/mol. The number of amides is 1. The first-order valence-corrected chi connectivity index (χ1v) is 12.5. The zero-order valence-electron chi connectivity index (χ0n) is 16.7. The fraction of sp³-hybridized carbons (Fsp3) is 0.381. The van der Waals surface area contributed by atoms with Crippen LogP contribution in [0.25, 0.3) is 0 Å². The van der Waals surface area contributed by atoms with E-state index in [1.165, 1.54) is 16.1 Å². The van der Waals surface area contributed by atoms with Gasteiger partial charge in [0, 0.05) is 30.4 Å². The van der Waals surface area contributed by atoms with Gasteiger partial charge in [-0.05, 0) is 42.3 Å². The Kier molecular flexibility index (Phi) is 8.19. The highest BCUT2D eigenvalue weighted by Gasteiger charge is 2.26. The van der Waals surface area contributed by atoms with Crippen LogP contribution >= 0.6 is 23.4 Å². The molecule has 1 fully saturated rings. The van der Waals surface area contributed by atoms with E-state index in [-0.39, 0.29) is 16.1 Å². The summed E-state index contributed by atoms with van der Waals surface area (Å²) < 4.78 is 32.3. The summed E-state index contributed by atoms with van der Waals surface area (Å²) in [7, 11) is -3.53. The Hall–Kier alpha value is -1.58. The molecular formula is C21H25ClN2O4S2. The molecule has 1 heterocycles. The molecule has 0 spiro atoms. The molecule has 0 radical (unpaired) electrons. The summed E-state index contributed by atoms with van der Waals surface area (Å²) in [5.41, 5.74) is 1.85. The van der Waals surface area contributed by atoms with E-state index in [2.05, 4.69) is 5.32 Å². The summed E-state index contributed by atoms with van der Waals surface area (Å²) in [4.78, 5) is 12.6. The third-order valence-electron chi connectivity index (χ3n) is 4.76. The number of benzene rings is 2. The second-order valence-electron chi connectivity index (χ2n) is 6.96. The highest BCUT2D eigenvalue weighted by atomic mass is 35.5. The van der Waals surface area contributed by atoms with Crippen LogP contribution in [0.3, 0.4) is 0 Å². The molecular weight excluding hydrogens is 444 g/mol. The molecule has 6 nitrogen and oxygen atoms in total. The van der Waals surface area contributed by atoms with Crippen LogP contribution in [0, 0.1) is 0 Å². The van der Waals surface area contributed by atoms with Crippen molar-refractivity contribution in [2.24, 2.45) is 0 Å². The van der Waals surface area contributed by atoms with Gasteiger partial charge in [0.25, 0.3) is 0 Å². The van der Waals surface area contributed by atoms with Gasteiger partial charge < -0.3 is 10.1 Å². The van der Waals surface area contributed by atoms with Gasteiger partial charge in [0.15, 0.2) is 0 Å². The normalized spacial score (nSPS) is 16.2. The number of nitrogens with one attached hydrogen (secondary N) is 1. The zero-order chi connectivity index (χ0) is 21.6. The number of ether oxygens (including phenoxy) is 1. The summed E-state index contributed by atoms with van der Waals surface area (Å²) in [5.74, 6) is 0.481. The molecule has 1 atom stereocenters. The first kappa shape index (κ1) is 23.1. The number of thioether (sulfide) groups is 1. The van der Waals surface area contributed by atoms with Gasteiger partial charge in [0.2, 0.25) is 15.9 Å². The Morgan fingerprint density at radius 3 is 2.57 bits per heavy atom. The van der Waals surface area contributed by atoms with Gasteiger partial charge in [-0.2, -0.15) is 4.31 Å². The molecule has 2 aromatic carbocycles. The van der Waals surface area contributed by atoms with Crippen molar-refractivity contribution in [2.45, 2.75) is 29.4 Å². The van der Waals surface area contributed by atoms with E-state index >= 15 is 0 Å². The maximum atomic E-state index is 12.8. The number of hydrogen-bond donors (Lipinski definition) is 1. The van der Waals surface area contributed by atoms with E-state index in [0.29, 0.717) is 43.6 Å². The molecule has 3 rings (SSSR count). The maximum absolute atomic E-state index is 12.8. The molecule has 0 bridgehead atoms. The molecule has 2 aromatic rings. The van der Waals surface area contributed by atoms with Gasteiger partial charge in [-0.3, -0.25) is 4.79 Å². The van der Waals surface area contributed by atoms with E-state index in [4.69, 9.17) is 16.3 Å². The first-order chi connectivity index (χ1) is 14.4. The Bertz CT molecular complexity index is 961. The summed E-state index contributed by atoms with van der Waals surface area (Å²) in [6.45, 7) is 3.84. The van der Waals surface area contributed by atoms with E-state index in [1.54, 1.807) is 30.3 Å². The SMILES string of the molecule is C[C@@H](SCc1cccc(S(=O)(=O)N2CCOCC2)c1)C(=O)NCc1ccc(Cl)cc1. The lowest BCUT2D eigenvalue weighted by Crippen LogP contribution is -2.40. The third kappa shape index (κ3) is 6.21. The molecule has 0 unspecified atom stereocenters. The summed E-state index contributed by atoms with van der Waals surface area (Å²) in [6, 6.07) is 14.3. The Morgan fingerprint density at radius 1 is 1.17 bits per heavy atom. The van der Waals surface area contributed by atoms with Crippen LogP contribution in [-0.2, 0) is 31.9 Å². The monoisotopic (exact) mass is 468 g/mol. The number of carbonyl (C=O) groups is 1. The number of morpholine rings is 1. The van der Waals surface area contributed by atoms with Crippen LogP contribution in [0.5, 0.6) is 0 Å². The minimum absolute atomic E-state index is 0.0629. The van der Waals surface area contributed by atoms with Gasteiger partial charge in [-0.1, -0.05) is 35.9 Å². The summed E-state index contributed by atoms with van der Waals surface area (Å²) in [5, 5.41) is 3.31. The van der Waals surface area contributed by atoms with Crippen molar-refractivity contribution in [1.29, 1.82) is 0 Å². The van der Waals surface area contributed by atoms with Crippen molar-refractivity contribution in [1.82, 2.24) is 9.62 Å². The average molecular weight is 469 g/mol. The summed E-state index contributed by atoms with van der Waals surface area (Å²) >= 11 is 7.34. The maximum Gasteiger partial charge on any atom is 0.243 e. The Labute approximate surface area is 187 Å². The number of nitrogens with zero attached hydrogens (tertiary/aromatic N) is 1. The lowest BCUT2D eigenvalue weighted by Gasteiger charge is -2.26. The van der Waals surface area contributed by atoms with E-state index in [9.17, 15) is 13.2 Å². The van der Waals surface area contributed by atoms with E-state index < -0.39 is 10.0 Å². The average Bonchev–Trinajstić information content (AvgIpc) is 2.77. The molecule has 0 saturated carbocycles. The molecule has 30 heavy (non-hydrogen) atoms. The predicted octanol–water partition coefficient (Wildman–Crippen LogP) is 3.30. The molecule has 9 heteroatoms. The molecule has 1 amide bonds. The zero-order valence-corrected chi connectivity index (χ0v) is 19.1. The molecule has 1 aliphatic rings. The molecule has 1 aliphatic heterocycles. The van der Waals surface area contributed by atoms with Crippen molar-refractivity contribution >= 4 is 39.3 Å². The fourth-order valence-electron chi connectivity index (χ4n) is 2.96. The van der Waals surface area contributed by atoms with Gasteiger partial charge >= 0.3 is 0 Å². The van der Waals surface area contributed by atoms with Crippen molar-refractivity contribution in [3.63, 3.8) is 0 Å². The topological polar surface area (TPSA) is 75.7 Å². The highest BCUT2D eigenvalue weighted by Crippen LogP contribution is 2.23.